The van der Waals surface area contributed by atoms with Gasteiger partial charge in [0.25, 0.3) is 0 Å². The lowest BCUT2D eigenvalue weighted by Gasteiger charge is -2.19. The van der Waals surface area contributed by atoms with Crippen LogP contribution in [0.1, 0.15) is 55.0 Å². The van der Waals surface area contributed by atoms with Crippen LogP contribution < -0.4 is 4.74 Å². The predicted octanol–water partition coefficient (Wildman–Crippen LogP) is 6.10. The van der Waals surface area contributed by atoms with Crippen molar-refractivity contribution in [2.75, 3.05) is 0 Å². The highest BCUT2D eigenvalue weighted by molar-refractivity contribution is 7.71. The second kappa shape index (κ2) is 9.37. The Labute approximate surface area is 180 Å². The van der Waals surface area contributed by atoms with Crippen LogP contribution in [-0.4, -0.2) is 21.1 Å². The highest BCUT2D eigenvalue weighted by Gasteiger charge is 2.21. The van der Waals surface area contributed by atoms with Crippen molar-refractivity contribution in [3.63, 3.8) is 0 Å². The van der Waals surface area contributed by atoms with Crippen LogP contribution >= 0.6 is 23.8 Å². The van der Waals surface area contributed by atoms with E-state index in [1.807, 2.05) is 48.5 Å². The molecule has 1 saturated carbocycles. The maximum Gasteiger partial charge on any atom is 0.216 e. The molecule has 1 aromatic heterocycles. The number of H-pyrrole nitrogens is 1. The second-order valence-corrected chi connectivity index (χ2v) is 8.09. The Morgan fingerprint density at radius 1 is 1.17 bits per heavy atom. The molecule has 0 unspecified atom stereocenters. The van der Waals surface area contributed by atoms with Crippen LogP contribution in [0.25, 0.3) is 0 Å². The number of aromatic amines is 1. The Kier molecular flexibility index (Phi) is 6.42. The zero-order valence-corrected chi connectivity index (χ0v) is 17.6. The van der Waals surface area contributed by atoms with Gasteiger partial charge in [-0.3, -0.25) is 5.10 Å². The van der Waals surface area contributed by atoms with Crippen molar-refractivity contribution in [2.24, 2.45) is 5.10 Å². The number of aromatic nitrogens is 3. The molecule has 0 bridgehead atoms. The third kappa shape index (κ3) is 5.14. The van der Waals surface area contributed by atoms with Gasteiger partial charge in [0.15, 0.2) is 5.82 Å². The maximum absolute atomic E-state index is 5.93. The van der Waals surface area contributed by atoms with Gasteiger partial charge in [-0.1, -0.05) is 55.1 Å². The van der Waals surface area contributed by atoms with E-state index < -0.39 is 0 Å². The number of halogens is 1. The molecule has 1 aliphatic rings. The van der Waals surface area contributed by atoms with Crippen LogP contribution in [0.5, 0.6) is 5.75 Å². The van der Waals surface area contributed by atoms with Crippen LogP contribution in [0.15, 0.2) is 53.6 Å². The standard InChI is InChI=1S/C22H23ClN4OS/c23-19-11-9-16(10-12-19)15-28-20-8-4-5-17(13-20)14-24-27-21(25-26-22(27)29)18-6-2-1-3-7-18/h4-5,8-14,18H,1-3,6-7,15H2,(H,26,29)/b24-14-. The normalized spacial score (nSPS) is 15.1. The zero-order valence-electron chi connectivity index (χ0n) is 16.1. The molecule has 3 aromatic rings. The van der Waals surface area contributed by atoms with E-state index >= 15 is 0 Å². The highest BCUT2D eigenvalue weighted by Crippen LogP contribution is 2.31. The van der Waals surface area contributed by atoms with Gasteiger partial charge in [-0.05, 0) is 60.5 Å². The van der Waals surface area contributed by atoms with Crippen molar-refractivity contribution in [2.45, 2.75) is 44.6 Å². The van der Waals surface area contributed by atoms with Gasteiger partial charge in [0.05, 0.1) is 6.21 Å². The first-order chi connectivity index (χ1) is 14.2. The Morgan fingerprint density at radius 2 is 1.97 bits per heavy atom. The first-order valence-electron chi connectivity index (χ1n) is 9.88. The number of nitrogens with one attached hydrogen (secondary N) is 1. The number of rotatable bonds is 6. The fraction of sp³-hybridized carbons (Fsp3) is 0.318. The Balaban J connectivity index is 1.46. The summed E-state index contributed by atoms with van der Waals surface area (Å²) in [4.78, 5) is 0. The van der Waals surface area contributed by atoms with Crippen molar-refractivity contribution < 1.29 is 4.74 Å². The van der Waals surface area contributed by atoms with Crippen molar-refractivity contribution >= 4 is 30.0 Å². The molecule has 0 saturated heterocycles. The Bertz CT molecular complexity index is 1040. The van der Waals surface area contributed by atoms with Gasteiger partial charge in [0.2, 0.25) is 4.77 Å². The molecule has 7 heteroatoms. The fourth-order valence-corrected chi connectivity index (χ4v) is 3.91. The van der Waals surface area contributed by atoms with Crippen molar-refractivity contribution in [1.29, 1.82) is 0 Å². The van der Waals surface area contributed by atoms with E-state index in [2.05, 4.69) is 15.3 Å². The summed E-state index contributed by atoms with van der Waals surface area (Å²) in [5, 5.41) is 12.7. The van der Waals surface area contributed by atoms with E-state index in [9.17, 15) is 0 Å². The van der Waals surface area contributed by atoms with Gasteiger partial charge < -0.3 is 4.74 Å². The van der Waals surface area contributed by atoms with Crippen LogP contribution in [0.2, 0.25) is 5.02 Å². The molecule has 4 rings (SSSR count). The molecule has 0 spiro atoms. The monoisotopic (exact) mass is 426 g/mol. The third-order valence-electron chi connectivity index (χ3n) is 5.14. The van der Waals surface area contributed by atoms with Gasteiger partial charge in [0.1, 0.15) is 12.4 Å². The largest absolute Gasteiger partial charge is 0.489 e. The molecule has 1 fully saturated rings. The molecular weight excluding hydrogens is 404 g/mol. The molecule has 0 atom stereocenters. The van der Waals surface area contributed by atoms with Crippen molar-refractivity contribution in [1.82, 2.24) is 14.9 Å². The molecule has 150 valence electrons. The summed E-state index contributed by atoms with van der Waals surface area (Å²) < 4.78 is 8.18. The minimum Gasteiger partial charge on any atom is -0.489 e. The highest BCUT2D eigenvalue weighted by atomic mass is 35.5. The summed E-state index contributed by atoms with van der Waals surface area (Å²) in [5.41, 5.74) is 2.01. The summed E-state index contributed by atoms with van der Waals surface area (Å²) >= 11 is 11.3. The fourth-order valence-electron chi connectivity index (χ4n) is 3.60. The lowest BCUT2D eigenvalue weighted by Crippen LogP contribution is -2.10. The summed E-state index contributed by atoms with van der Waals surface area (Å²) in [7, 11) is 0. The van der Waals surface area contributed by atoms with Crippen LogP contribution in [0, 0.1) is 4.77 Å². The maximum atomic E-state index is 5.93. The van der Waals surface area contributed by atoms with Crippen molar-refractivity contribution in [3.05, 3.63) is 75.3 Å². The molecule has 1 heterocycles. The average molecular weight is 427 g/mol. The quantitative estimate of drug-likeness (QED) is 0.382. The van der Waals surface area contributed by atoms with E-state index in [-0.39, 0.29) is 0 Å². The SMILES string of the molecule is S=c1[nH]nc(C2CCCCC2)n1/N=C\c1cccc(OCc2ccc(Cl)cc2)c1. The summed E-state index contributed by atoms with van der Waals surface area (Å²) in [6.45, 7) is 0.483. The number of benzene rings is 2. The van der Waals surface area contributed by atoms with E-state index in [1.54, 1.807) is 10.9 Å². The predicted molar refractivity (Wildman–Crippen MR) is 118 cm³/mol. The third-order valence-corrected chi connectivity index (χ3v) is 5.66. The molecule has 0 radical (unpaired) electrons. The average Bonchev–Trinajstić information content (AvgIpc) is 3.13. The molecular formula is C22H23ClN4OS. The first kappa shape index (κ1) is 19.9. The van der Waals surface area contributed by atoms with Crippen LogP contribution in [0.3, 0.4) is 0 Å². The van der Waals surface area contributed by atoms with Gasteiger partial charge in [-0.15, -0.1) is 0 Å². The molecule has 0 aliphatic heterocycles. The second-order valence-electron chi connectivity index (χ2n) is 7.27. The van der Waals surface area contributed by atoms with Crippen LogP contribution in [-0.2, 0) is 6.61 Å². The summed E-state index contributed by atoms with van der Waals surface area (Å²) in [6.07, 6.45) is 7.86. The van der Waals surface area contributed by atoms with Gasteiger partial charge in [0, 0.05) is 10.9 Å². The molecule has 1 N–H and O–H groups in total. The first-order valence-corrected chi connectivity index (χ1v) is 10.7. The van der Waals surface area contributed by atoms with E-state index in [0.717, 1.165) is 40.6 Å². The number of hydrogen-bond donors (Lipinski definition) is 1. The van der Waals surface area contributed by atoms with Gasteiger partial charge in [-0.25, -0.2) is 0 Å². The molecule has 0 amide bonds. The van der Waals surface area contributed by atoms with Gasteiger partial charge in [-0.2, -0.15) is 14.9 Å². The van der Waals surface area contributed by atoms with E-state index in [0.29, 0.717) is 17.3 Å². The Hall–Kier alpha value is -2.44. The lowest BCUT2D eigenvalue weighted by atomic mass is 9.89. The minimum atomic E-state index is 0.419. The van der Waals surface area contributed by atoms with E-state index in [1.165, 1.54) is 19.3 Å². The lowest BCUT2D eigenvalue weighted by molar-refractivity contribution is 0.306. The number of nitrogens with zero attached hydrogens (tertiary/aromatic N) is 3. The molecule has 29 heavy (non-hydrogen) atoms. The molecule has 2 aromatic carbocycles. The molecule has 1 aliphatic carbocycles. The minimum absolute atomic E-state index is 0.419. The topological polar surface area (TPSA) is 55.2 Å². The summed E-state index contributed by atoms with van der Waals surface area (Å²) in [6, 6.07) is 15.5. The van der Waals surface area contributed by atoms with Crippen molar-refractivity contribution in [3.8, 4) is 5.75 Å². The Morgan fingerprint density at radius 3 is 2.76 bits per heavy atom. The van der Waals surface area contributed by atoms with E-state index in [4.69, 9.17) is 28.6 Å². The number of ether oxygens (including phenoxy) is 1. The van der Waals surface area contributed by atoms with Crippen LogP contribution in [0.4, 0.5) is 0 Å². The summed E-state index contributed by atoms with van der Waals surface area (Å²) in [5.74, 6) is 2.14. The molecule has 5 nitrogen and oxygen atoms in total. The smallest absolute Gasteiger partial charge is 0.216 e. The zero-order chi connectivity index (χ0) is 20.1. The number of hydrogen-bond acceptors (Lipinski definition) is 4. The van der Waals surface area contributed by atoms with Gasteiger partial charge >= 0.3 is 0 Å².